The van der Waals surface area contributed by atoms with E-state index in [0.29, 0.717) is 25.1 Å². The largest absolute Gasteiger partial charge is 0.311 e. The van der Waals surface area contributed by atoms with Gasteiger partial charge in [0.25, 0.3) is 0 Å². The Morgan fingerprint density at radius 2 is 1.87 bits per heavy atom. The molecule has 5 rings (SSSR count). The molecule has 1 amide bonds. The number of sulfonamides is 1. The summed E-state index contributed by atoms with van der Waals surface area (Å²) in [4.78, 5) is 19.7. The topological polar surface area (TPSA) is 93.4 Å². The molecule has 0 radical (unpaired) electrons. The third-order valence-corrected chi connectivity index (χ3v) is 7.23. The smallest absolute Gasteiger partial charge is 0.238 e. The zero-order valence-electron chi connectivity index (χ0n) is 17.2. The number of primary sulfonamides is 1. The van der Waals surface area contributed by atoms with Crippen molar-refractivity contribution in [1.82, 2.24) is 4.98 Å². The Labute approximate surface area is 181 Å². The molecule has 0 spiro atoms. The summed E-state index contributed by atoms with van der Waals surface area (Å²) in [5.41, 5.74) is 5.96. The third-order valence-electron chi connectivity index (χ3n) is 6.32. The molecule has 2 heterocycles. The fraction of sp³-hybridized carbons (Fsp3) is 0.250. The molecule has 2 N–H and O–H groups in total. The van der Waals surface area contributed by atoms with Gasteiger partial charge in [0.05, 0.1) is 10.6 Å². The Hall–Kier alpha value is -3.03. The first-order valence-electron chi connectivity index (χ1n) is 10.3. The van der Waals surface area contributed by atoms with Crippen LogP contribution in [0.5, 0.6) is 0 Å². The molecule has 31 heavy (non-hydrogen) atoms. The highest BCUT2D eigenvalue weighted by atomic mass is 32.2. The van der Waals surface area contributed by atoms with E-state index in [-0.39, 0.29) is 22.6 Å². The maximum atomic E-state index is 13.5. The summed E-state index contributed by atoms with van der Waals surface area (Å²) in [6.07, 6.45) is 3.13. The first-order chi connectivity index (χ1) is 14.8. The summed E-state index contributed by atoms with van der Waals surface area (Å²) in [5, 5.41) is 5.31. The Bertz CT molecular complexity index is 1290. The molecule has 2 atom stereocenters. The van der Waals surface area contributed by atoms with Gasteiger partial charge in [0.15, 0.2) is 0 Å². The van der Waals surface area contributed by atoms with E-state index in [2.05, 4.69) is 23.2 Å². The van der Waals surface area contributed by atoms with Crippen molar-refractivity contribution in [3.8, 4) is 11.3 Å². The van der Waals surface area contributed by atoms with Gasteiger partial charge in [0, 0.05) is 35.8 Å². The minimum absolute atomic E-state index is 0.0350. The number of hydrogen-bond acceptors (Lipinski definition) is 4. The highest BCUT2D eigenvalue weighted by Gasteiger charge is 2.37. The van der Waals surface area contributed by atoms with Crippen LogP contribution in [0.1, 0.15) is 29.5 Å². The second-order valence-electron chi connectivity index (χ2n) is 8.42. The lowest BCUT2D eigenvalue weighted by atomic mass is 10.0. The van der Waals surface area contributed by atoms with Crippen molar-refractivity contribution in [2.75, 3.05) is 11.4 Å². The molecule has 0 fully saturated rings. The van der Waals surface area contributed by atoms with Gasteiger partial charge in [-0.1, -0.05) is 31.2 Å². The molecule has 1 aliphatic carbocycles. The first kappa shape index (κ1) is 19.9. The highest BCUT2D eigenvalue weighted by molar-refractivity contribution is 7.89. The van der Waals surface area contributed by atoms with Crippen LogP contribution in [0, 0.1) is 5.92 Å². The summed E-state index contributed by atoms with van der Waals surface area (Å²) >= 11 is 0. The van der Waals surface area contributed by atoms with E-state index >= 15 is 0 Å². The molecule has 0 bridgehead atoms. The van der Waals surface area contributed by atoms with Crippen LogP contribution in [0.15, 0.2) is 65.7 Å². The predicted octanol–water partition coefficient (Wildman–Crippen LogP) is 3.26. The number of hydrogen-bond donors (Lipinski definition) is 1. The van der Waals surface area contributed by atoms with E-state index in [9.17, 15) is 13.2 Å². The maximum absolute atomic E-state index is 13.5. The maximum Gasteiger partial charge on any atom is 0.238 e. The van der Waals surface area contributed by atoms with Gasteiger partial charge in [0.2, 0.25) is 15.9 Å². The Morgan fingerprint density at radius 1 is 1.06 bits per heavy atom. The second-order valence-corrected chi connectivity index (χ2v) is 9.98. The molecule has 0 saturated heterocycles. The van der Waals surface area contributed by atoms with Gasteiger partial charge in [-0.05, 0) is 59.9 Å². The minimum Gasteiger partial charge on any atom is -0.311 e. The van der Waals surface area contributed by atoms with Gasteiger partial charge in [0.1, 0.15) is 0 Å². The summed E-state index contributed by atoms with van der Waals surface area (Å²) in [6.45, 7) is 2.60. The van der Waals surface area contributed by atoms with Crippen LogP contribution < -0.4 is 10.0 Å². The van der Waals surface area contributed by atoms with Crippen molar-refractivity contribution in [2.45, 2.75) is 30.6 Å². The van der Waals surface area contributed by atoms with Crippen LogP contribution in [0.25, 0.3) is 11.3 Å². The van der Waals surface area contributed by atoms with Crippen LogP contribution in [0.4, 0.5) is 5.69 Å². The van der Waals surface area contributed by atoms with Crippen LogP contribution in [0.3, 0.4) is 0 Å². The summed E-state index contributed by atoms with van der Waals surface area (Å²) in [7, 11) is -3.83. The normalized spacial score (nSPS) is 19.9. The Kier molecular flexibility index (Phi) is 4.68. The van der Waals surface area contributed by atoms with E-state index < -0.39 is 10.0 Å². The number of amides is 1. The lowest BCUT2D eigenvalue weighted by Crippen LogP contribution is -2.35. The summed E-state index contributed by atoms with van der Waals surface area (Å²) in [5.74, 6) is 0.0195. The molecule has 1 aliphatic heterocycles. The van der Waals surface area contributed by atoms with Crippen molar-refractivity contribution in [3.63, 3.8) is 0 Å². The molecule has 0 unspecified atom stereocenters. The van der Waals surface area contributed by atoms with Gasteiger partial charge in [-0.2, -0.15) is 0 Å². The van der Waals surface area contributed by atoms with Crippen molar-refractivity contribution in [2.24, 2.45) is 11.1 Å². The van der Waals surface area contributed by atoms with Crippen molar-refractivity contribution < 1.29 is 13.2 Å². The number of nitrogens with zero attached hydrogens (tertiary/aromatic N) is 2. The van der Waals surface area contributed by atoms with Crippen LogP contribution in [0.2, 0.25) is 0 Å². The summed E-state index contributed by atoms with van der Waals surface area (Å²) in [6, 6.07) is 16.9. The third kappa shape index (κ3) is 3.54. The molecule has 1 aromatic heterocycles. The fourth-order valence-corrected chi connectivity index (χ4v) is 5.27. The van der Waals surface area contributed by atoms with Gasteiger partial charge in [-0.15, -0.1) is 0 Å². The van der Waals surface area contributed by atoms with Crippen LogP contribution >= 0.6 is 0 Å². The zero-order chi connectivity index (χ0) is 21.8. The van der Waals surface area contributed by atoms with Crippen molar-refractivity contribution >= 4 is 21.6 Å². The van der Waals surface area contributed by atoms with Gasteiger partial charge < -0.3 is 4.90 Å². The number of rotatable bonds is 3. The number of nitrogens with two attached hydrogens (primary N) is 1. The lowest BCUT2D eigenvalue weighted by Gasteiger charge is -2.22. The summed E-state index contributed by atoms with van der Waals surface area (Å²) < 4.78 is 23.6. The van der Waals surface area contributed by atoms with Crippen LogP contribution in [-0.4, -0.2) is 25.9 Å². The average molecular weight is 434 g/mol. The molecular weight excluding hydrogens is 410 g/mol. The number of fused-ring (bicyclic) bond motifs is 2. The van der Waals surface area contributed by atoms with E-state index in [1.165, 1.54) is 23.3 Å². The molecule has 2 aromatic carbocycles. The zero-order valence-corrected chi connectivity index (χ0v) is 18.0. The lowest BCUT2D eigenvalue weighted by molar-refractivity contribution is -0.122. The van der Waals surface area contributed by atoms with Gasteiger partial charge in [-0.3, -0.25) is 9.78 Å². The molecule has 3 aromatic rings. The number of carbonyl (C=O) groups excluding carboxylic acids is 1. The highest BCUT2D eigenvalue weighted by Crippen LogP contribution is 2.40. The molecule has 0 saturated carbocycles. The molecule has 158 valence electrons. The monoisotopic (exact) mass is 433 g/mol. The van der Waals surface area contributed by atoms with Crippen LogP contribution in [-0.2, 0) is 27.7 Å². The second kappa shape index (κ2) is 7.28. The average Bonchev–Trinajstić information content (AvgIpc) is 3.33. The number of benzene rings is 2. The van der Waals surface area contributed by atoms with E-state index in [4.69, 9.17) is 5.14 Å². The molecule has 6 nitrogen and oxygen atoms in total. The number of carbonyl (C=O) groups is 1. The SMILES string of the molecule is C[C@H]1CN(C(=O)[C@@H]2Cc3ccc(-c4ccccn4)cc3C2)c2cc(S(N)(=O)=O)ccc21. The molecule has 7 heteroatoms. The standard InChI is InChI=1S/C24H23N3O3S/c1-15-14-27(23-13-20(31(25,29)30)7-8-21(15)23)24(28)19-10-16-5-6-17(11-18(16)12-19)22-4-2-3-9-26-22/h2-9,11,13,15,19H,10,12,14H2,1H3,(H2,25,29,30)/t15-,19+/m0/s1. The fourth-order valence-electron chi connectivity index (χ4n) is 4.74. The quantitative estimate of drug-likeness (QED) is 0.686. The number of anilines is 1. The molecular formula is C24H23N3O3S. The number of aromatic nitrogens is 1. The first-order valence-corrected chi connectivity index (χ1v) is 11.9. The van der Waals surface area contributed by atoms with E-state index in [1.54, 1.807) is 17.2 Å². The van der Waals surface area contributed by atoms with Gasteiger partial charge in [-0.25, -0.2) is 13.6 Å². The van der Waals surface area contributed by atoms with Gasteiger partial charge >= 0.3 is 0 Å². The van der Waals surface area contributed by atoms with E-state index in [0.717, 1.165) is 16.8 Å². The Balaban J connectivity index is 1.42. The predicted molar refractivity (Wildman–Crippen MR) is 119 cm³/mol. The van der Waals surface area contributed by atoms with Crippen molar-refractivity contribution in [3.05, 3.63) is 77.5 Å². The van der Waals surface area contributed by atoms with E-state index in [1.807, 2.05) is 25.1 Å². The number of pyridine rings is 1. The van der Waals surface area contributed by atoms with Crippen molar-refractivity contribution in [1.29, 1.82) is 0 Å². The minimum atomic E-state index is -3.83. The molecule has 2 aliphatic rings. The Morgan fingerprint density at radius 3 is 2.61 bits per heavy atom.